The van der Waals surface area contributed by atoms with Gasteiger partial charge < -0.3 is 49.5 Å². The van der Waals surface area contributed by atoms with Crippen molar-refractivity contribution < 1.29 is 43.0 Å². The molecule has 0 saturated carbocycles. The first-order valence-corrected chi connectivity index (χ1v) is 38.7. The largest absolute Gasteiger partial charge is 0.379 e. The van der Waals surface area contributed by atoms with Crippen molar-refractivity contribution >= 4 is 88.0 Å². The molecule has 520 valence electrons. The molecule has 4 heterocycles. The lowest BCUT2D eigenvalue weighted by Crippen LogP contribution is -2.60. The van der Waals surface area contributed by atoms with E-state index in [-0.39, 0.29) is 116 Å². The average molecular weight is 1370 g/mol. The summed E-state index contributed by atoms with van der Waals surface area (Å²) in [7, 11) is 6.59. The second kappa shape index (κ2) is 40.2. The van der Waals surface area contributed by atoms with Crippen molar-refractivity contribution in [1.82, 2.24) is 45.0 Å². The van der Waals surface area contributed by atoms with Crippen LogP contribution in [0.1, 0.15) is 181 Å². The van der Waals surface area contributed by atoms with E-state index in [2.05, 4.69) is 53.4 Å². The number of amides is 7. The second-order valence-electron chi connectivity index (χ2n) is 26.8. The number of carbonyl (C=O) groups is 7. The van der Waals surface area contributed by atoms with Crippen LogP contribution in [0.15, 0.2) is 66.3 Å². The zero-order valence-electron chi connectivity index (χ0n) is 57.9. The maximum absolute atomic E-state index is 14.9. The van der Waals surface area contributed by atoms with E-state index in [9.17, 15) is 33.6 Å². The van der Waals surface area contributed by atoms with Gasteiger partial charge in [-0.05, 0) is 87.5 Å². The number of benzene rings is 1. The summed E-state index contributed by atoms with van der Waals surface area (Å²) in [6.07, 6.45) is 21.9. The van der Waals surface area contributed by atoms with Crippen molar-refractivity contribution in [3.05, 3.63) is 76.9 Å². The van der Waals surface area contributed by atoms with Gasteiger partial charge in [0.2, 0.25) is 41.4 Å². The molecule has 0 spiro atoms. The number of likely N-dealkylation sites (tertiary alicyclic amines) is 1. The number of thiazole rings is 1. The van der Waals surface area contributed by atoms with E-state index in [1.165, 1.54) is 60.8 Å². The lowest BCUT2D eigenvalue weighted by Gasteiger charge is -2.42. The number of nitrogens with zero attached hydrogens (tertiary/aromatic N) is 7. The molecule has 11 atom stereocenters. The smallest absolute Gasteiger partial charge is 0.245 e. The van der Waals surface area contributed by atoms with Crippen molar-refractivity contribution in [3.63, 3.8) is 0 Å². The van der Waals surface area contributed by atoms with Gasteiger partial charge in [0.1, 0.15) is 17.1 Å². The highest BCUT2D eigenvalue weighted by molar-refractivity contribution is 8.00. The Labute approximate surface area is 574 Å². The molecule has 3 saturated heterocycles. The highest BCUT2D eigenvalue weighted by atomic mass is 32.2. The third-order valence-electron chi connectivity index (χ3n) is 19.4. The van der Waals surface area contributed by atoms with Crippen LogP contribution in [0.4, 0.5) is 0 Å². The molecule has 2 N–H and O–H groups in total. The zero-order chi connectivity index (χ0) is 67.6. The number of thioether (sulfide) groups is 3. The van der Waals surface area contributed by atoms with Gasteiger partial charge in [-0.15, -0.1) is 11.3 Å². The number of allylic oxidation sites excluding steroid dienone is 2. The number of methoxy groups -OCH3 is 2. The van der Waals surface area contributed by atoms with E-state index in [4.69, 9.17) is 9.47 Å². The minimum atomic E-state index is -0.964. The fourth-order valence-corrected chi connectivity index (χ4v) is 17.7. The zero-order valence-corrected chi connectivity index (χ0v) is 61.2. The van der Waals surface area contributed by atoms with Crippen LogP contribution in [-0.2, 0) is 49.5 Å². The topological polar surface area (TPSA) is 194 Å². The minimum Gasteiger partial charge on any atom is -0.379 e. The first kappa shape index (κ1) is 77.4. The maximum Gasteiger partial charge on any atom is 0.245 e. The van der Waals surface area contributed by atoms with Crippen molar-refractivity contribution in [2.24, 2.45) is 23.7 Å². The van der Waals surface area contributed by atoms with Gasteiger partial charge in [0.05, 0.1) is 62.5 Å². The highest BCUT2D eigenvalue weighted by Gasteiger charge is 2.43. The monoisotopic (exact) mass is 1360 g/mol. The summed E-state index contributed by atoms with van der Waals surface area (Å²) >= 11 is 6.68. The summed E-state index contributed by atoms with van der Waals surface area (Å²) in [5, 5.41) is 10.7. The number of carbonyl (C=O) groups excluding carboxylic acids is 7. The van der Waals surface area contributed by atoms with Crippen molar-refractivity contribution in [2.45, 2.75) is 223 Å². The maximum atomic E-state index is 14.9. The van der Waals surface area contributed by atoms with Gasteiger partial charge in [-0.2, -0.15) is 35.3 Å². The highest BCUT2D eigenvalue weighted by Crippen LogP contribution is 2.34. The molecule has 0 radical (unpaired) electrons. The van der Waals surface area contributed by atoms with Gasteiger partial charge >= 0.3 is 0 Å². The summed E-state index contributed by atoms with van der Waals surface area (Å²) in [5.41, 5.74) is 1.98. The molecule has 6 rings (SSSR count). The van der Waals surface area contributed by atoms with Gasteiger partial charge in [-0.25, -0.2) is 4.98 Å². The number of aromatic nitrogens is 1. The molecule has 1 aromatic carbocycles. The SMILES string of the molecule is C=C(N[C@@H](Cc1ccccc1)c1nccs1)[C@H](C)[C@@H](OC)[C@@H]1CCCN1C(=O)C[C@@H](OC)[C@H]([C@@H](C)CC)N(C)C(=O)[C@@H](NC(=O)[C@H](C(C)C)N(C)C(=O)CSCCC(=O)N1CN2CN(C1)C(=O)CCS[C@H]1CC/C=C\CCCCC(CCCCC1)SCCC2=O)C(C)C. The Morgan fingerprint density at radius 1 is 0.763 bits per heavy atom. The van der Waals surface area contributed by atoms with E-state index >= 15 is 0 Å². The van der Waals surface area contributed by atoms with Crippen molar-refractivity contribution in [3.8, 4) is 0 Å². The van der Waals surface area contributed by atoms with Crippen LogP contribution < -0.4 is 10.6 Å². The molecule has 2 aromatic rings. The minimum absolute atomic E-state index is 0.00539. The molecule has 1 unspecified atom stereocenters. The number of likely N-dealkylation sites (N-methyl/N-ethyl adjacent to an activating group) is 2. The van der Waals surface area contributed by atoms with Crippen LogP contribution in [0.25, 0.3) is 0 Å². The van der Waals surface area contributed by atoms with Crippen molar-refractivity contribution in [1.29, 1.82) is 0 Å². The summed E-state index contributed by atoms with van der Waals surface area (Å²) in [5.74, 6) is -0.736. The fraction of sp³-hybridized carbons (Fsp3) is 0.718. The number of nitrogens with one attached hydrogen (secondary N) is 2. The number of hydrogen-bond donors (Lipinski definition) is 2. The van der Waals surface area contributed by atoms with Gasteiger partial charge in [0, 0.05) is 105 Å². The summed E-state index contributed by atoms with van der Waals surface area (Å²) in [6.45, 7) is 19.1. The van der Waals surface area contributed by atoms with Gasteiger partial charge in [-0.1, -0.05) is 130 Å². The van der Waals surface area contributed by atoms with Crippen LogP contribution in [0.3, 0.4) is 0 Å². The predicted molar refractivity (Wildman–Crippen MR) is 380 cm³/mol. The lowest BCUT2D eigenvalue weighted by molar-refractivity contribution is -0.158. The first-order chi connectivity index (χ1) is 44.7. The number of fused-ring (bicyclic) bond motifs is 8. The van der Waals surface area contributed by atoms with Gasteiger partial charge in [-0.3, -0.25) is 33.6 Å². The predicted octanol–water partition coefficient (Wildman–Crippen LogP) is 11.4. The number of rotatable bonds is 27. The van der Waals surface area contributed by atoms with E-state index in [1.807, 2.05) is 99.7 Å². The van der Waals surface area contributed by atoms with E-state index in [0.29, 0.717) is 53.6 Å². The average Bonchev–Trinajstić information content (AvgIpc) is 1.84. The molecule has 4 bridgehead atoms. The standard InChI is InChI=1S/C71H113N9O9S4/c1-13-51(6)67(59(88-11)44-63(84)80-38-26-33-58(80)68(89-12)52(7)53(8)73-57(70-72-37-42-93-70)43-54-27-20-18-21-28-54)76(10)71(87)65(49(2)3)74-69(86)66(50(4)5)75(9)64(85)45-90-39-34-60(81)77-46-78-48-79(47-77)62(83)36-41-92-56-30-23-17-15-14-16-22-29-55(31-24-19-25-32-56)91-40-35-61(78)82/h14,16,18,20-21,27-28,37,42,49-52,55-59,65-68,73H,8,13,15,17,19,22-26,29-36,38-41,43-48H2,1-7,9-12H3,(H,74,86)/b16-14-/t51-,52-,55-,56?,57-,58-,59+,65-,66-,67-,68+/m0/s1. The Morgan fingerprint density at radius 2 is 1.41 bits per heavy atom. The normalized spacial score (nSPS) is 22.2. The summed E-state index contributed by atoms with van der Waals surface area (Å²) in [4.78, 5) is 115. The molecule has 1 aliphatic carbocycles. The van der Waals surface area contributed by atoms with Gasteiger partial charge in [0.25, 0.3) is 0 Å². The van der Waals surface area contributed by atoms with E-state index in [0.717, 1.165) is 62.1 Å². The molecule has 4 aliphatic rings. The van der Waals surface area contributed by atoms with E-state index < -0.39 is 30.1 Å². The molecule has 7 amide bonds. The molecule has 18 nitrogen and oxygen atoms in total. The Balaban J connectivity index is 1.04. The lowest BCUT2D eigenvalue weighted by atomic mass is 9.89. The Bertz CT molecular complexity index is 2690. The molecule has 3 fully saturated rings. The number of ether oxygens (including phenoxy) is 2. The quantitative estimate of drug-likeness (QED) is 0.0633. The van der Waals surface area contributed by atoms with E-state index in [1.54, 1.807) is 59.3 Å². The van der Waals surface area contributed by atoms with Crippen LogP contribution in [0, 0.1) is 23.7 Å². The molecule has 93 heavy (non-hydrogen) atoms. The van der Waals surface area contributed by atoms with Crippen LogP contribution >= 0.6 is 46.6 Å². The molecule has 22 heteroatoms. The molecule has 1 aromatic heterocycles. The number of hydrogen-bond acceptors (Lipinski definition) is 15. The third-order valence-corrected chi connectivity index (χ3v) is 24.0. The Kier molecular flexibility index (Phi) is 33.4. The van der Waals surface area contributed by atoms with Crippen LogP contribution in [-0.4, -0.2) is 200 Å². The van der Waals surface area contributed by atoms with Gasteiger partial charge in [0.15, 0.2) is 0 Å². The molecular weight excluding hydrogens is 1250 g/mol. The van der Waals surface area contributed by atoms with Crippen molar-refractivity contribution in [2.75, 3.05) is 77.9 Å². The fourth-order valence-electron chi connectivity index (χ4n) is 13.7. The Morgan fingerprint density at radius 3 is 2.01 bits per heavy atom. The Hall–Kier alpha value is -4.61. The molecule has 3 aliphatic heterocycles. The first-order valence-electron chi connectivity index (χ1n) is 34.5. The third kappa shape index (κ3) is 23.6. The summed E-state index contributed by atoms with van der Waals surface area (Å²) < 4.78 is 12.5. The summed E-state index contributed by atoms with van der Waals surface area (Å²) in [6, 6.07) is 7.56. The second-order valence-corrected chi connectivity index (χ2v) is 31.6. The van der Waals surface area contributed by atoms with Crippen LogP contribution in [0.5, 0.6) is 0 Å². The molecular formula is C71H113N9O9S4. The van der Waals surface area contributed by atoms with Crippen LogP contribution in [0.2, 0.25) is 0 Å².